The molecule has 5 N–H and O–H groups in total. The molecular formula is C29H36O11. The summed E-state index contributed by atoms with van der Waals surface area (Å²) < 4.78 is 17.2. The number of ketones is 1. The highest BCUT2D eigenvalue weighted by atomic mass is 16.7. The van der Waals surface area contributed by atoms with Crippen molar-refractivity contribution in [3.05, 3.63) is 48.0 Å². The SMILES string of the molecule is C=C1[C@H]2C[C@@]3(OC(=O)c4ccccc4)C(=O)[C@@H]4[C@](O)(COC(C)=O)[C@@H](O)C[C@H](O)[C@@]4(C)[C@H](O)[C@@](O)(O2)[C@@H]1C3(C)C. The van der Waals surface area contributed by atoms with Crippen LogP contribution in [0.1, 0.15) is 50.9 Å². The van der Waals surface area contributed by atoms with E-state index < -0.39 is 94.8 Å². The number of aliphatic hydroxyl groups excluding tert-OH is 3. The molecule has 11 nitrogen and oxygen atoms in total. The van der Waals surface area contributed by atoms with Crippen LogP contribution in [0, 0.1) is 22.7 Å². The number of aliphatic hydroxyl groups is 5. The minimum atomic E-state index is -2.54. The number of esters is 2. The Balaban J connectivity index is 1.78. The Labute approximate surface area is 231 Å². The molecule has 1 aromatic carbocycles. The Morgan fingerprint density at radius 1 is 1.05 bits per heavy atom. The van der Waals surface area contributed by atoms with Crippen LogP contribution in [-0.4, -0.2) is 91.3 Å². The topological polar surface area (TPSA) is 180 Å². The van der Waals surface area contributed by atoms with Gasteiger partial charge >= 0.3 is 11.9 Å². The van der Waals surface area contributed by atoms with Crippen molar-refractivity contribution < 1.29 is 54.1 Å². The largest absolute Gasteiger partial charge is 0.463 e. The normalized spacial score (nSPS) is 45.3. The molecule has 0 unspecified atom stereocenters. The average molecular weight is 561 g/mol. The van der Waals surface area contributed by atoms with Gasteiger partial charge in [-0.25, -0.2) is 4.79 Å². The van der Waals surface area contributed by atoms with Gasteiger partial charge < -0.3 is 39.7 Å². The van der Waals surface area contributed by atoms with Gasteiger partial charge in [0.2, 0.25) is 5.79 Å². The minimum Gasteiger partial charge on any atom is -0.463 e. The molecule has 4 aliphatic rings. The second-order valence-electron chi connectivity index (χ2n) is 12.5. The van der Waals surface area contributed by atoms with Gasteiger partial charge in [-0.15, -0.1) is 0 Å². The fourth-order valence-electron chi connectivity index (χ4n) is 7.91. The number of rotatable bonds is 4. The van der Waals surface area contributed by atoms with Gasteiger partial charge in [0.25, 0.3) is 0 Å². The standard InChI is InChI=1S/C29H36O11/c1-14-17-12-28(40-23(34)16-9-7-6-8-10-16)22(33)21-26(5,24(35)29(37,39-17)20(14)25(28,3)4)18(31)11-19(32)27(21,36)13-38-15(2)30/h6-10,17-21,24,31-32,35-37H,1,11-13H2,2-5H3/t17-,18+,19+,20+,21+,24+,26-,27+,28-,29+/m1/s1. The smallest absolute Gasteiger partial charge is 0.339 e. The van der Waals surface area contributed by atoms with Crippen molar-refractivity contribution in [1.29, 1.82) is 0 Å². The van der Waals surface area contributed by atoms with Crippen molar-refractivity contribution in [1.82, 2.24) is 0 Å². The third-order valence-electron chi connectivity index (χ3n) is 10.1. The molecule has 5 rings (SSSR count). The summed E-state index contributed by atoms with van der Waals surface area (Å²) in [6, 6.07) is 7.94. The van der Waals surface area contributed by atoms with Crippen LogP contribution in [0.5, 0.6) is 0 Å². The Morgan fingerprint density at radius 3 is 2.27 bits per heavy atom. The molecule has 3 bridgehead atoms. The van der Waals surface area contributed by atoms with Crippen molar-refractivity contribution in [2.45, 2.75) is 81.9 Å². The van der Waals surface area contributed by atoms with Crippen LogP contribution in [0.2, 0.25) is 0 Å². The van der Waals surface area contributed by atoms with Crippen LogP contribution < -0.4 is 0 Å². The fraction of sp³-hybridized carbons (Fsp3) is 0.621. The van der Waals surface area contributed by atoms with E-state index in [1.54, 1.807) is 32.0 Å². The van der Waals surface area contributed by atoms with E-state index in [0.717, 1.165) is 6.92 Å². The van der Waals surface area contributed by atoms with Gasteiger partial charge in [-0.05, 0) is 17.7 Å². The molecule has 3 saturated carbocycles. The molecule has 0 radical (unpaired) electrons. The maximum Gasteiger partial charge on any atom is 0.339 e. The van der Waals surface area contributed by atoms with Gasteiger partial charge in [0.1, 0.15) is 18.3 Å². The second-order valence-corrected chi connectivity index (χ2v) is 12.5. The number of carbonyl (C=O) groups is 3. The summed E-state index contributed by atoms with van der Waals surface area (Å²) in [5.74, 6) is -8.04. The van der Waals surface area contributed by atoms with E-state index in [4.69, 9.17) is 14.2 Å². The van der Waals surface area contributed by atoms with Gasteiger partial charge in [0, 0.05) is 36.5 Å². The van der Waals surface area contributed by atoms with E-state index in [1.165, 1.54) is 19.1 Å². The Bertz CT molecular complexity index is 1260. The number of Topliss-reactive ketones (excluding diaryl/α,β-unsaturated/α-hetero) is 1. The maximum absolute atomic E-state index is 15.0. The molecule has 1 aliphatic heterocycles. The molecule has 1 aromatic rings. The first kappa shape index (κ1) is 28.8. The Morgan fingerprint density at radius 2 is 1.68 bits per heavy atom. The lowest BCUT2D eigenvalue weighted by Crippen LogP contribution is -2.79. The number of hydrogen-bond acceptors (Lipinski definition) is 11. The zero-order valence-corrected chi connectivity index (χ0v) is 22.9. The summed E-state index contributed by atoms with van der Waals surface area (Å²) in [5.41, 5.74) is -7.68. The van der Waals surface area contributed by atoms with Crippen molar-refractivity contribution in [3.8, 4) is 0 Å². The Kier molecular flexibility index (Phi) is 6.43. The van der Waals surface area contributed by atoms with Crippen LogP contribution >= 0.6 is 0 Å². The molecule has 0 amide bonds. The molecular weight excluding hydrogens is 524 g/mol. The number of hydrogen-bond donors (Lipinski definition) is 5. The van der Waals surface area contributed by atoms with Crippen LogP contribution in [0.3, 0.4) is 0 Å². The van der Waals surface area contributed by atoms with Gasteiger partial charge in [0.05, 0.1) is 29.8 Å². The molecule has 4 fully saturated rings. The zero-order chi connectivity index (χ0) is 29.6. The molecule has 1 heterocycles. The monoisotopic (exact) mass is 560 g/mol. The lowest BCUT2D eigenvalue weighted by Gasteiger charge is -2.63. The van der Waals surface area contributed by atoms with Gasteiger partial charge in [0.15, 0.2) is 11.4 Å². The van der Waals surface area contributed by atoms with E-state index in [0.29, 0.717) is 5.57 Å². The zero-order valence-electron chi connectivity index (χ0n) is 22.9. The molecule has 0 spiro atoms. The highest BCUT2D eigenvalue weighted by molar-refractivity contribution is 5.98. The van der Waals surface area contributed by atoms with Gasteiger partial charge in [-0.3, -0.25) is 9.59 Å². The van der Waals surface area contributed by atoms with Crippen LogP contribution in [0.4, 0.5) is 0 Å². The molecule has 218 valence electrons. The predicted octanol–water partition coefficient (Wildman–Crippen LogP) is 0.258. The summed E-state index contributed by atoms with van der Waals surface area (Å²) in [5, 5.41) is 58.4. The predicted molar refractivity (Wildman–Crippen MR) is 136 cm³/mol. The summed E-state index contributed by atoms with van der Waals surface area (Å²) in [4.78, 5) is 40.4. The summed E-state index contributed by atoms with van der Waals surface area (Å²) >= 11 is 0. The quantitative estimate of drug-likeness (QED) is 0.252. The highest BCUT2D eigenvalue weighted by Crippen LogP contribution is 2.68. The highest BCUT2D eigenvalue weighted by Gasteiger charge is 2.81. The van der Waals surface area contributed by atoms with E-state index >= 15 is 4.79 Å². The first-order chi connectivity index (χ1) is 18.5. The van der Waals surface area contributed by atoms with Crippen molar-refractivity contribution >= 4 is 17.7 Å². The van der Waals surface area contributed by atoms with E-state index in [1.807, 2.05) is 0 Å². The van der Waals surface area contributed by atoms with E-state index in [2.05, 4.69) is 6.58 Å². The van der Waals surface area contributed by atoms with Gasteiger partial charge in [-0.2, -0.15) is 0 Å². The minimum absolute atomic E-state index is 0.136. The molecule has 1 saturated heterocycles. The number of carbonyl (C=O) groups excluding carboxylic acids is 3. The van der Waals surface area contributed by atoms with E-state index in [-0.39, 0.29) is 12.0 Å². The van der Waals surface area contributed by atoms with Crippen molar-refractivity contribution in [2.24, 2.45) is 22.7 Å². The fourth-order valence-corrected chi connectivity index (χ4v) is 7.91. The summed E-state index contributed by atoms with van der Waals surface area (Å²) in [6.45, 7) is 8.73. The van der Waals surface area contributed by atoms with E-state index in [9.17, 15) is 35.1 Å². The molecule has 11 heteroatoms. The average Bonchev–Trinajstić information content (AvgIpc) is 3.11. The summed E-state index contributed by atoms with van der Waals surface area (Å²) in [7, 11) is 0. The summed E-state index contributed by atoms with van der Waals surface area (Å²) in [6.07, 6.45) is -7.30. The number of ether oxygens (including phenoxy) is 3. The molecule has 40 heavy (non-hydrogen) atoms. The first-order valence-electron chi connectivity index (χ1n) is 13.3. The molecule has 3 aliphatic carbocycles. The van der Waals surface area contributed by atoms with Crippen LogP contribution in [0.15, 0.2) is 42.5 Å². The third kappa shape index (κ3) is 3.48. The molecule has 0 aromatic heterocycles. The third-order valence-corrected chi connectivity index (χ3v) is 10.1. The number of benzene rings is 1. The second kappa shape index (κ2) is 8.91. The lowest BCUT2D eigenvalue weighted by atomic mass is 9.44. The molecule has 10 atom stereocenters. The lowest BCUT2D eigenvalue weighted by molar-refractivity contribution is -0.334. The maximum atomic E-state index is 15.0. The van der Waals surface area contributed by atoms with Crippen LogP contribution in [-0.2, 0) is 23.8 Å². The van der Waals surface area contributed by atoms with Crippen molar-refractivity contribution in [3.63, 3.8) is 0 Å². The van der Waals surface area contributed by atoms with Gasteiger partial charge in [-0.1, -0.05) is 45.5 Å². The first-order valence-corrected chi connectivity index (χ1v) is 13.3. The van der Waals surface area contributed by atoms with Crippen LogP contribution in [0.25, 0.3) is 0 Å². The Hall–Kier alpha value is -2.67. The number of fused-ring (bicyclic) bond motifs is 3. The van der Waals surface area contributed by atoms with Crippen molar-refractivity contribution in [2.75, 3.05) is 6.61 Å².